The van der Waals surface area contributed by atoms with Crippen molar-refractivity contribution in [3.05, 3.63) is 60.0 Å². The highest BCUT2D eigenvalue weighted by Crippen LogP contribution is 2.28. The van der Waals surface area contributed by atoms with Crippen molar-refractivity contribution in [2.45, 2.75) is 11.3 Å². The molecule has 0 aliphatic rings. The molecule has 0 bridgehead atoms. The van der Waals surface area contributed by atoms with Crippen molar-refractivity contribution < 1.29 is 35.8 Å². The Labute approximate surface area is 148 Å². The highest BCUT2D eigenvalue weighted by atomic mass is 32.2. The van der Waals surface area contributed by atoms with E-state index in [0.717, 1.165) is 17.5 Å². The Hall–Kier alpha value is -2.52. The first-order valence-electron chi connectivity index (χ1n) is 7.24. The van der Waals surface area contributed by atoms with E-state index in [1.165, 1.54) is 49.6 Å². The Balaban J connectivity index is 2.05. The minimum atomic E-state index is -4.76. The number of hydrogen-bond donors (Lipinski definition) is 0. The molecular formula is C17H15F3O5S. The zero-order valence-corrected chi connectivity index (χ0v) is 14.4. The van der Waals surface area contributed by atoms with Crippen LogP contribution in [-0.2, 0) is 14.6 Å². The maximum absolute atomic E-state index is 12.1. The zero-order chi connectivity index (χ0) is 19.2. The molecule has 5 nitrogen and oxygen atoms in total. The first-order chi connectivity index (χ1) is 12.2. The molecule has 26 heavy (non-hydrogen) atoms. The van der Waals surface area contributed by atoms with E-state index in [1.54, 1.807) is 0 Å². The lowest BCUT2D eigenvalue weighted by atomic mass is 10.3. The highest BCUT2D eigenvalue weighted by molar-refractivity contribution is 7.94. The molecule has 0 saturated heterocycles. The van der Waals surface area contributed by atoms with Crippen LogP contribution in [0.3, 0.4) is 0 Å². The van der Waals surface area contributed by atoms with Crippen LogP contribution in [0.5, 0.6) is 17.2 Å². The van der Waals surface area contributed by atoms with E-state index in [9.17, 15) is 21.6 Å². The van der Waals surface area contributed by atoms with Gasteiger partial charge in [0.15, 0.2) is 9.84 Å². The molecule has 0 aromatic heterocycles. The number of ether oxygens (including phenoxy) is 3. The maximum atomic E-state index is 12.1. The Morgan fingerprint density at radius 3 is 1.92 bits per heavy atom. The summed E-state index contributed by atoms with van der Waals surface area (Å²) in [5, 5.41) is 1.05. The van der Waals surface area contributed by atoms with Crippen molar-refractivity contribution >= 4 is 9.84 Å². The highest BCUT2D eigenvalue weighted by Gasteiger charge is 2.30. The molecule has 0 atom stereocenters. The summed E-state index contributed by atoms with van der Waals surface area (Å²) in [7, 11) is -2.14. The number of benzene rings is 2. The van der Waals surface area contributed by atoms with E-state index in [1.807, 2.05) is 0 Å². The van der Waals surface area contributed by atoms with Gasteiger partial charge in [-0.1, -0.05) is 0 Å². The lowest BCUT2D eigenvalue weighted by molar-refractivity contribution is -0.274. The summed E-state index contributed by atoms with van der Waals surface area (Å²) in [6, 6.07) is 10.4. The van der Waals surface area contributed by atoms with E-state index >= 15 is 0 Å². The average Bonchev–Trinajstić information content (AvgIpc) is 2.56. The van der Waals surface area contributed by atoms with Crippen LogP contribution in [0.2, 0.25) is 0 Å². The molecule has 0 aliphatic carbocycles. The van der Waals surface area contributed by atoms with Crippen LogP contribution in [0.15, 0.2) is 64.9 Å². The second-order valence-corrected chi connectivity index (χ2v) is 6.80. The van der Waals surface area contributed by atoms with Crippen LogP contribution in [0, 0.1) is 0 Å². The third-order valence-electron chi connectivity index (χ3n) is 2.98. The molecule has 2 rings (SSSR count). The summed E-state index contributed by atoms with van der Waals surface area (Å²) in [6.07, 6.45) is -3.38. The standard InChI is InChI=1S/C17H15F3O5S/c1-23-11-2-12-26(21,22)16-9-7-14(8-10-16)24-13-3-5-15(6-4-13)25-17(18,19)20/h2-10,12H,11H2,1H3/b12-2+. The summed E-state index contributed by atoms with van der Waals surface area (Å²) in [5.41, 5.74) is 0. The van der Waals surface area contributed by atoms with Crippen molar-refractivity contribution in [3.8, 4) is 17.2 Å². The van der Waals surface area contributed by atoms with Crippen LogP contribution in [-0.4, -0.2) is 28.5 Å². The minimum absolute atomic E-state index is 0.0751. The topological polar surface area (TPSA) is 61.8 Å². The van der Waals surface area contributed by atoms with Crippen LogP contribution in [0.1, 0.15) is 0 Å². The van der Waals surface area contributed by atoms with Crippen LogP contribution in [0.25, 0.3) is 0 Å². The second-order valence-electron chi connectivity index (χ2n) is 4.96. The minimum Gasteiger partial charge on any atom is -0.457 e. The molecule has 0 fully saturated rings. The summed E-state index contributed by atoms with van der Waals surface area (Å²) < 4.78 is 74.4. The first-order valence-corrected chi connectivity index (χ1v) is 8.78. The second kappa shape index (κ2) is 8.24. The molecule has 0 unspecified atom stereocenters. The smallest absolute Gasteiger partial charge is 0.457 e. The third-order valence-corrected chi connectivity index (χ3v) is 4.46. The number of hydrogen-bond acceptors (Lipinski definition) is 5. The number of alkyl halides is 3. The zero-order valence-electron chi connectivity index (χ0n) is 13.6. The van der Waals surface area contributed by atoms with Gasteiger partial charge in [-0.05, 0) is 54.6 Å². The van der Waals surface area contributed by atoms with Gasteiger partial charge in [0.1, 0.15) is 17.2 Å². The van der Waals surface area contributed by atoms with Crippen molar-refractivity contribution in [2.24, 2.45) is 0 Å². The van der Waals surface area contributed by atoms with Gasteiger partial charge in [-0.3, -0.25) is 0 Å². The molecule has 2 aromatic rings. The fourth-order valence-corrected chi connectivity index (χ4v) is 2.89. The normalized spacial score (nSPS) is 12.3. The Morgan fingerprint density at radius 2 is 1.42 bits per heavy atom. The Kier molecular flexibility index (Phi) is 6.27. The number of sulfone groups is 1. The third kappa shape index (κ3) is 6.08. The molecule has 9 heteroatoms. The molecule has 0 radical (unpaired) electrons. The lowest BCUT2D eigenvalue weighted by Crippen LogP contribution is -2.16. The largest absolute Gasteiger partial charge is 0.573 e. The monoisotopic (exact) mass is 388 g/mol. The molecule has 0 amide bonds. The van der Waals surface area contributed by atoms with Gasteiger partial charge in [0, 0.05) is 12.5 Å². The molecular weight excluding hydrogens is 373 g/mol. The molecule has 0 N–H and O–H groups in total. The van der Waals surface area contributed by atoms with Crippen molar-refractivity contribution in [3.63, 3.8) is 0 Å². The fourth-order valence-electron chi connectivity index (χ4n) is 1.88. The van der Waals surface area contributed by atoms with Gasteiger partial charge in [-0.15, -0.1) is 13.2 Å². The maximum Gasteiger partial charge on any atom is 0.573 e. The van der Waals surface area contributed by atoms with Crippen LogP contribution >= 0.6 is 0 Å². The van der Waals surface area contributed by atoms with E-state index in [4.69, 9.17) is 9.47 Å². The van der Waals surface area contributed by atoms with E-state index in [0.29, 0.717) is 5.75 Å². The van der Waals surface area contributed by atoms with Gasteiger partial charge in [-0.2, -0.15) is 0 Å². The summed E-state index contributed by atoms with van der Waals surface area (Å²) in [6.45, 7) is 0.175. The van der Waals surface area contributed by atoms with Gasteiger partial charge in [-0.25, -0.2) is 8.42 Å². The summed E-state index contributed by atoms with van der Waals surface area (Å²) in [5.74, 6) is 0.235. The van der Waals surface area contributed by atoms with E-state index < -0.39 is 16.2 Å². The van der Waals surface area contributed by atoms with E-state index in [2.05, 4.69) is 4.74 Å². The van der Waals surface area contributed by atoms with Crippen LogP contribution < -0.4 is 9.47 Å². The predicted molar refractivity (Wildman–Crippen MR) is 87.8 cm³/mol. The van der Waals surface area contributed by atoms with Gasteiger partial charge < -0.3 is 14.2 Å². The molecule has 0 aliphatic heterocycles. The number of halogens is 3. The van der Waals surface area contributed by atoms with Gasteiger partial charge in [0.25, 0.3) is 0 Å². The number of methoxy groups -OCH3 is 1. The molecule has 0 heterocycles. The average molecular weight is 388 g/mol. The van der Waals surface area contributed by atoms with Crippen LogP contribution in [0.4, 0.5) is 13.2 Å². The Bertz CT molecular complexity index is 841. The van der Waals surface area contributed by atoms with Crippen molar-refractivity contribution in [2.75, 3.05) is 13.7 Å². The fraction of sp³-hybridized carbons (Fsp3) is 0.176. The van der Waals surface area contributed by atoms with Crippen molar-refractivity contribution in [1.29, 1.82) is 0 Å². The van der Waals surface area contributed by atoms with Gasteiger partial charge in [0.2, 0.25) is 0 Å². The Morgan fingerprint density at radius 1 is 0.923 bits per heavy atom. The summed E-state index contributed by atoms with van der Waals surface area (Å²) >= 11 is 0. The molecule has 140 valence electrons. The predicted octanol–water partition coefficient (Wildman–Crippen LogP) is 4.31. The molecule has 0 spiro atoms. The quantitative estimate of drug-likeness (QED) is 0.707. The SMILES string of the molecule is COC/C=C/S(=O)(=O)c1ccc(Oc2ccc(OC(F)(F)F)cc2)cc1. The first kappa shape index (κ1) is 19.8. The van der Waals surface area contributed by atoms with Crippen molar-refractivity contribution in [1.82, 2.24) is 0 Å². The van der Waals surface area contributed by atoms with Gasteiger partial charge in [0.05, 0.1) is 11.5 Å². The summed E-state index contributed by atoms with van der Waals surface area (Å²) in [4.78, 5) is 0.0751. The van der Waals surface area contributed by atoms with E-state index in [-0.39, 0.29) is 23.0 Å². The van der Waals surface area contributed by atoms with Gasteiger partial charge >= 0.3 is 6.36 Å². The molecule has 0 saturated carbocycles. The molecule has 2 aromatic carbocycles. The number of rotatable bonds is 7. The lowest BCUT2D eigenvalue weighted by Gasteiger charge is -2.10.